The fourth-order valence-electron chi connectivity index (χ4n) is 4.09. The first kappa shape index (κ1) is 27.5. The summed E-state index contributed by atoms with van der Waals surface area (Å²) >= 11 is 0. The molecule has 4 aromatic rings. The molecule has 2 aromatic heterocycles. The molecule has 9 nitrogen and oxygen atoms in total. The van der Waals surface area contributed by atoms with Crippen LogP contribution in [0.15, 0.2) is 67.5 Å². The van der Waals surface area contributed by atoms with Gasteiger partial charge in [0.05, 0.1) is 24.3 Å². The van der Waals surface area contributed by atoms with Crippen LogP contribution in [-0.2, 0) is 15.7 Å². The van der Waals surface area contributed by atoms with E-state index in [1.54, 1.807) is 18.2 Å². The number of nitrogens with zero attached hydrogens (tertiary/aromatic N) is 4. The molecule has 208 valence electrons. The van der Waals surface area contributed by atoms with Crippen molar-refractivity contribution in [3.63, 3.8) is 0 Å². The average molecular weight is 561 g/mol. The molecule has 12 heteroatoms. The number of nitrogens with one attached hydrogen (secondary N) is 2. The van der Waals surface area contributed by atoms with E-state index in [0.29, 0.717) is 24.3 Å². The molecule has 41 heavy (non-hydrogen) atoms. The Kier molecular flexibility index (Phi) is 7.80. The number of rotatable bonds is 5. The van der Waals surface area contributed by atoms with Gasteiger partial charge in [0.25, 0.3) is 11.8 Å². The molecule has 2 N–H and O–H groups in total. The predicted molar refractivity (Wildman–Crippen MR) is 143 cm³/mol. The Hall–Kier alpha value is -5.02. The third-order valence-corrected chi connectivity index (χ3v) is 6.26. The third-order valence-electron chi connectivity index (χ3n) is 6.26. The van der Waals surface area contributed by atoms with Gasteiger partial charge in [0.15, 0.2) is 5.82 Å². The van der Waals surface area contributed by atoms with Crippen molar-refractivity contribution in [2.45, 2.75) is 32.0 Å². The van der Waals surface area contributed by atoms with Gasteiger partial charge in [0, 0.05) is 41.5 Å². The maximum absolute atomic E-state index is 13.5. The smallest absolute Gasteiger partial charge is 0.368 e. The van der Waals surface area contributed by atoms with Crippen molar-refractivity contribution >= 4 is 23.3 Å². The lowest BCUT2D eigenvalue weighted by molar-refractivity contribution is -0.137. The molecule has 0 saturated carbocycles. The lowest BCUT2D eigenvalue weighted by Crippen LogP contribution is -2.27. The van der Waals surface area contributed by atoms with Crippen molar-refractivity contribution in [2.24, 2.45) is 0 Å². The zero-order chi connectivity index (χ0) is 29.0. The topological polar surface area (TPSA) is 111 Å². The fourth-order valence-corrected chi connectivity index (χ4v) is 4.09. The van der Waals surface area contributed by atoms with Crippen LogP contribution in [0.2, 0.25) is 0 Å². The highest BCUT2D eigenvalue weighted by Gasteiger charge is 2.31. The molecule has 2 aromatic carbocycles. The number of anilines is 2. The van der Waals surface area contributed by atoms with E-state index in [1.807, 2.05) is 6.92 Å². The van der Waals surface area contributed by atoms with E-state index in [9.17, 15) is 22.8 Å². The largest absolute Gasteiger partial charge is 0.416 e. The number of benzene rings is 2. The van der Waals surface area contributed by atoms with Gasteiger partial charge in [0.2, 0.25) is 0 Å². The van der Waals surface area contributed by atoms with Crippen LogP contribution >= 0.6 is 0 Å². The summed E-state index contributed by atoms with van der Waals surface area (Å²) in [5.41, 5.74) is 1.12. The number of amides is 2. The first-order chi connectivity index (χ1) is 19.7. The summed E-state index contributed by atoms with van der Waals surface area (Å²) in [5, 5.41) is 5.21. The Morgan fingerprint density at radius 2 is 1.93 bits per heavy atom. The van der Waals surface area contributed by atoms with Crippen LogP contribution in [0.4, 0.5) is 24.7 Å². The predicted octanol–water partition coefficient (Wildman–Crippen LogP) is 4.76. The standard InChI is InChI=1S/C29H23F3N6O3/c1-18-4-5-20(27(39)36-23-12-21(29(30,31)32)13-24(14-23)38-9-8-33-17-38)11-19(18)6-7-22-15-35-26(16-34-22)37-28(40)25-3-2-10-41-25/h4-5,8-9,11-17,25H,2-3,10H2,1H3,(H,36,39)(H,35,37,40)/t25-/m1/s1. The van der Waals surface area contributed by atoms with Crippen molar-refractivity contribution in [2.75, 3.05) is 17.2 Å². The number of hydrogen-bond donors (Lipinski definition) is 2. The molecular weight excluding hydrogens is 537 g/mol. The van der Waals surface area contributed by atoms with Crippen LogP contribution in [0.1, 0.15) is 45.6 Å². The van der Waals surface area contributed by atoms with E-state index in [4.69, 9.17) is 4.74 Å². The molecular formula is C29H23F3N6O3. The molecule has 1 saturated heterocycles. The minimum atomic E-state index is -4.61. The monoisotopic (exact) mass is 560 g/mol. The highest BCUT2D eigenvalue weighted by atomic mass is 19.4. The van der Waals surface area contributed by atoms with E-state index < -0.39 is 23.8 Å². The van der Waals surface area contributed by atoms with Crippen molar-refractivity contribution < 1.29 is 27.5 Å². The second kappa shape index (κ2) is 11.6. The number of aryl methyl sites for hydroxylation is 1. The number of ether oxygens (including phenoxy) is 1. The molecule has 1 aliphatic rings. The van der Waals surface area contributed by atoms with Crippen LogP contribution < -0.4 is 10.6 Å². The van der Waals surface area contributed by atoms with Gasteiger partial charge in [-0.2, -0.15) is 13.2 Å². The first-order valence-electron chi connectivity index (χ1n) is 12.5. The third kappa shape index (κ3) is 6.77. The van der Waals surface area contributed by atoms with Crippen molar-refractivity contribution in [3.05, 3.63) is 95.5 Å². The van der Waals surface area contributed by atoms with Gasteiger partial charge in [-0.25, -0.2) is 15.0 Å². The SMILES string of the molecule is Cc1ccc(C(=O)Nc2cc(-n3ccnc3)cc(C(F)(F)F)c2)cc1C#Cc1cnc(NC(=O)[C@H]2CCCO2)cn1. The summed E-state index contributed by atoms with van der Waals surface area (Å²) in [7, 11) is 0. The molecule has 0 aliphatic carbocycles. The minimum absolute atomic E-state index is 0.0244. The van der Waals surface area contributed by atoms with Gasteiger partial charge in [-0.1, -0.05) is 12.0 Å². The van der Waals surface area contributed by atoms with Crippen LogP contribution in [0.25, 0.3) is 5.69 Å². The number of halogens is 3. The Balaban J connectivity index is 1.31. The van der Waals surface area contributed by atoms with Crippen molar-refractivity contribution in [1.82, 2.24) is 19.5 Å². The quantitative estimate of drug-likeness (QED) is 0.341. The maximum atomic E-state index is 13.5. The van der Waals surface area contributed by atoms with E-state index in [-0.39, 0.29) is 28.7 Å². The maximum Gasteiger partial charge on any atom is 0.416 e. The van der Waals surface area contributed by atoms with Gasteiger partial charge in [0.1, 0.15) is 11.8 Å². The fraction of sp³-hybridized carbons (Fsp3) is 0.207. The Morgan fingerprint density at radius 3 is 2.61 bits per heavy atom. The molecule has 5 rings (SSSR count). The average Bonchev–Trinajstić information content (AvgIpc) is 3.68. The summed E-state index contributed by atoms with van der Waals surface area (Å²) in [6.45, 7) is 2.37. The Bertz CT molecular complexity index is 1640. The molecule has 3 heterocycles. The Morgan fingerprint density at radius 1 is 1.07 bits per heavy atom. The highest BCUT2D eigenvalue weighted by molar-refractivity contribution is 6.04. The minimum Gasteiger partial charge on any atom is -0.368 e. The first-order valence-corrected chi connectivity index (χ1v) is 12.5. The zero-order valence-corrected chi connectivity index (χ0v) is 21.7. The number of imidazole rings is 1. The van der Waals surface area contributed by atoms with E-state index in [1.165, 1.54) is 41.7 Å². The van der Waals surface area contributed by atoms with Crippen LogP contribution in [-0.4, -0.2) is 44.0 Å². The van der Waals surface area contributed by atoms with Gasteiger partial charge in [-0.3, -0.25) is 9.59 Å². The molecule has 0 radical (unpaired) electrons. The van der Waals surface area contributed by atoms with Crippen LogP contribution in [0.3, 0.4) is 0 Å². The lowest BCUT2D eigenvalue weighted by Gasteiger charge is -2.14. The molecule has 0 bridgehead atoms. The summed E-state index contributed by atoms with van der Waals surface area (Å²) < 4.78 is 47.3. The van der Waals surface area contributed by atoms with Gasteiger partial charge in [-0.15, -0.1) is 0 Å². The van der Waals surface area contributed by atoms with Gasteiger partial charge >= 0.3 is 6.18 Å². The summed E-state index contributed by atoms with van der Waals surface area (Å²) in [4.78, 5) is 37.4. The van der Waals surface area contributed by atoms with E-state index in [2.05, 4.69) is 37.4 Å². The number of alkyl halides is 3. The van der Waals surface area contributed by atoms with E-state index in [0.717, 1.165) is 24.1 Å². The number of carbonyl (C=O) groups is 2. The number of carbonyl (C=O) groups excluding carboxylic acids is 2. The molecule has 1 atom stereocenters. The van der Waals surface area contributed by atoms with Gasteiger partial charge < -0.3 is 19.9 Å². The molecule has 1 aliphatic heterocycles. The Labute approximate surface area is 232 Å². The summed E-state index contributed by atoms with van der Waals surface area (Å²) in [6, 6.07) is 8.08. The van der Waals surface area contributed by atoms with Crippen molar-refractivity contribution in [3.8, 4) is 17.5 Å². The number of aromatic nitrogens is 4. The molecule has 0 unspecified atom stereocenters. The molecule has 1 fully saturated rings. The molecule has 2 amide bonds. The van der Waals surface area contributed by atoms with Crippen molar-refractivity contribution in [1.29, 1.82) is 0 Å². The zero-order valence-electron chi connectivity index (χ0n) is 21.7. The van der Waals surface area contributed by atoms with Gasteiger partial charge in [-0.05, 0) is 61.6 Å². The normalized spacial score (nSPS) is 14.7. The lowest BCUT2D eigenvalue weighted by atomic mass is 10.0. The number of hydrogen-bond acceptors (Lipinski definition) is 6. The summed E-state index contributed by atoms with van der Waals surface area (Å²) in [6.07, 6.45) is 3.51. The van der Waals surface area contributed by atoms with Crippen LogP contribution in [0, 0.1) is 18.8 Å². The highest BCUT2D eigenvalue weighted by Crippen LogP contribution is 2.33. The second-order valence-electron chi connectivity index (χ2n) is 9.25. The van der Waals surface area contributed by atoms with Crippen LogP contribution in [0.5, 0.6) is 0 Å². The molecule has 0 spiro atoms. The summed E-state index contributed by atoms with van der Waals surface area (Å²) in [5.74, 6) is 5.22. The van der Waals surface area contributed by atoms with E-state index >= 15 is 0 Å². The second-order valence-corrected chi connectivity index (χ2v) is 9.25.